The van der Waals surface area contributed by atoms with Crippen molar-refractivity contribution in [2.24, 2.45) is 5.92 Å². The van der Waals surface area contributed by atoms with E-state index in [1.807, 2.05) is 11.6 Å². The summed E-state index contributed by atoms with van der Waals surface area (Å²) < 4.78 is 7.72. The van der Waals surface area contributed by atoms with Gasteiger partial charge in [0, 0.05) is 26.2 Å². The van der Waals surface area contributed by atoms with E-state index in [1.54, 1.807) is 0 Å². The zero-order chi connectivity index (χ0) is 18.5. The summed E-state index contributed by atoms with van der Waals surface area (Å²) >= 11 is 0. The maximum atomic E-state index is 12.6. The van der Waals surface area contributed by atoms with Crippen LogP contribution in [0.4, 0.5) is 0 Å². The van der Waals surface area contributed by atoms with Crippen molar-refractivity contribution in [1.82, 2.24) is 30.5 Å². The normalized spacial score (nSPS) is 21.1. The fourth-order valence-electron chi connectivity index (χ4n) is 3.83. The average Bonchev–Trinajstić information content (AvgIpc) is 3.02. The number of rotatable bonds is 6. The van der Waals surface area contributed by atoms with Crippen LogP contribution in [0.1, 0.15) is 48.9 Å². The lowest BCUT2D eigenvalue weighted by molar-refractivity contribution is -0.0295. The van der Waals surface area contributed by atoms with Crippen LogP contribution >= 0.6 is 24.8 Å². The van der Waals surface area contributed by atoms with E-state index in [-0.39, 0.29) is 36.8 Å². The highest BCUT2D eigenvalue weighted by molar-refractivity contribution is 5.93. The van der Waals surface area contributed by atoms with Crippen molar-refractivity contribution in [2.45, 2.75) is 45.8 Å². The van der Waals surface area contributed by atoms with Crippen LogP contribution in [0.2, 0.25) is 0 Å². The van der Waals surface area contributed by atoms with E-state index in [2.05, 4.69) is 39.7 Å². The molecule has 1 aromatic rings. The molecule has 0 spiro atoms. The van der Waals surface area contributed by atoms with Crippen LogP contribution in [-0.2, 0) is 4.74 Å². The Bertz CT molecular complexity index is 607. The SMILES string of the molecule is Cc1c(C(=O)NCC2CN(CC(C)C)CCO2)nnn1C1CCNCC1.Cl.Cl. The molecule has 0 aliphatic carbocycles. The van der Waals surface area contributed by atoms with Crippen LogP contribution in [0.25, 0.3) is 0 Å². The fraction of sp³-hybridized carbons (Fsp3) is 0.833. The largest absolute Gasteiger partial charge is 0.374 e. The number of aromatic nitrogens is 3. The van der Waals surface area contributed by atoms with Gasteiger partial charge in [-0.05, 0) is 38.8 Å². The summed E-state index contributed by atoms with van der Waals surface area (Å²) in [6, 6.07) is 0.330. The molecule has 3 heterocycles. The van der Waals surface area contributed by atoms with E-state index in [1.165, 1.54) is 0 Å². The number of nitrogens with zero attached hydrogens (tertiary/aromatic N) is 4. The van der Waals surface area contributed by atoms with Crippen molar-refractivity contribution >= 4 is 30.7 Å². The third kappa shape index (κ3) is 6.56. The molecule has 162 valence electrons. The van der Waals surface area contributed by atoms with Crippen molar-refractivity contribution < 1.29 is 9.53 Å². The van der Waals surface area contributed by atoms with E-state index in [0.717, 1.165) is 57.9 Å². The van der Waals surface area contributed by atoms with Gasteiger partial charge in [0.25, 0.3) is 5.91 Å². The molecule has 2 N–H and O–H groups in total. The molecule has 0 radical (unpaired) electrons. The summed E-state index contributed by atoms with van der Waals surface area (Å²) in [5.74, 6) is 0.475. The van der Waals surface area contributed by atoms with Gasteiger partial charge < -0.3 is 15.4 Å². The summed E-state index contributed by atoms with van der Waals surface area (Å²) in [4.78, 5) is 15.0. The molecule has 8 nitrogen and oxygen atoms in total. The predicted molar refractivity (Wildman–Crippen MR) is 114 cm³/mol. The lowest BCUT2D eigenvalue weighted by Gasteiger charge is -2.33. The third-order valence-corrected chi connectivity index (χ3v) is 5.13. The van der Waals surface area contributed by atoms with Crippen molar-refractivity contribution in [2.75, 3.05) is 45.9 Å². The van der Waals surface area contributed by atoms with E-state index >= 15 is 0 Å². The van der Waals surface area contributed by atoms with Gasteiger partial charge in [-0.3, -0.25) is 9.69 Å². The Hall–Kier alpha value is -0.930. The molecule has 2 fully saturated rings. The lowest BCUT2D eigenvalue weighted by atomic mass is 10.1. The predicted octanol–water partition coefficient (Wildman–Crippen LogP) is 1.44. The van der Waals surface area contributed by atoms with Gasteiger partial charge >= 0.3 is 0 Å². The minimum Gasteiger partial charge on any atom is -0.374 e. The number of ether oxygens (including phenoxy) is 1. The van der Waals surface area contributed by atoms with E-state index < -0.39 is 0 Å². The van der Waals surface area contributed by atoms with Crippen LogP contribution in [0.3, 0.4) is 0 Å². The summed E-state index contributed by atoms with van der Waals surface area (Å²) in [6.07, 6.45) is 2.07. The van der Waals surface area contributed by atoms with Gasteiger partial charge in [0.2, 0.25) is 0 Å². The van der Waals surface area contributed by atoms with E-state index in [4.69, 9.17) is 4.74 Å². The highest BCUT2D eigenvalue weighted by Gasteiger charge is 2.25. The molecule has 2 aliphatic heterocycles. The molecule has 28 heavy (non-hydrogen) atoms. The minimum absolute atomic E-state index is 0. The second-order valence-corrected chi connectivity index (χ2v) is 7.81. The molecule has 0 aromatic carbocycles. The molecule has 1 amide bonds. The van der Waals surface area contributed by atoms with Gasteiger partial charge in [0.15, 0.2) is 5.69 Å². The first kappa shape index (κ1) is 25.1. The number of morpholine rings is 1. The van der Waals surface area contributed by atoms with Crippen LogP contribution in [0.15, 0.2) is 0 Å². The number of piperidine rings is 1. The molecule has 2 aliphatic rings. The van der Waals surface area contributed by atoms with Gasteiger partial charge in [-0.2, -0.15) is 0 Å². The Kier molecular flexibility index (Phi) is 10.7. The molecule has 0 bridgehead atoms. The molecule has 1 atom stereocenters. The Morgan fingerprint density at radius 1 is 1.32 bits per heavy atom. The maximum Gasteiger partial charge on any atom is 0.273 e. The van der Waals surface area contributed by atoms with Crippen LogP contribution in [0.5, 0.6) is 0 Å². The molecule has 0 saturated carbocycles. The number of halogens is 2. The van der Waals surface area contributed by atoms with Crippen LogP contribution < -0.4 is 10.6 Å². The van der Waals surface area contributed by atoms with Crippen molar-refractivity contribution in [1.29, 1.82) is 0 Å². The van der Waals surface area contributed by atoms with Gasteiger partial charge in [0.1, 0.15) is 0 Å². The Balaban J connectivity index is 0.00000196. The van der Waals surface area contributed by atoms with Gasteiger partial charge in [-0.1, -0.05) is 19.1 Å². The zero-order valence-corrected chi connectivity index (χ0v) is 18.7. The number of hydrogen-bond acceptors (Lipinski definition) is 6. The smallest absolute Gasteiger partial charge is 0.273 e. The second kappa shape index (κ2) is 11.9. The van der Waals surface area contributed by atoms with Gasteiger partial charge in [0.05, 0.1) is 24.4 Å². The Morgan fingerprint density at radius 2 is 2.04 bits per heavy atom. The summed E-state index contributed by atoms with van der Waals surface area (Å²) in [5.41, 5.74) is 1.28. The second-order valence-electron chi connectivity index (χ2n) is 7.81. The average molecular weight is 437 g/mol. The number of amides is 1. The first-order chi connectivity index (χ1) is 12.5. The van der Waals surface area contributed by atoms with Gasteiger partial charge in [-0.15, -0.1) is 29.9 Å². The maximum absolute atomic E-state index is 12.6. The van der Waals surface area contributed by atoms with E-state index in [0.29, 0.717) is 24.2 Å². The first-order valence-corrected chi connectivity index (χ1v) is 9.79. The summed E-state index contributed by atoms with van der Waals surface area (Å²) in [7, 11) is 0. The third-order valence-electron chi connectivity index (χ3n) is 5.13. The lowest BCUT2D eigenvalue weighted by Crippen LogP contribution is -2.48. The minimum atomic E-state index is -0.160. The van der Waals surface area contributed by atoms with Crippen molar-refractivity contribution in [3.8, 4) is 0 Å². The topological polar surface area (TPSA) is 84.3 Å². The molecule has 3 rings (SSSR count). The molecular weight excluding hydrogens is 403 g/mol. The zero-order valence-electron chi connectivity index (χ0n) is 17.0. The summed E-state index contributed by atoms with van der Waals surface area (Å²) in [6.45, 7) is 12.5. The highest BCUT2D eigenvalue weighted by atomic mass is 35.5. The number of nitrogens with one attached hydrogen (secondary N) is 2. The Morgan fingerprint density at radius 3 is 2.71 bits per heavy atom. The van der Waals surface area contributed by atoms with E-state index in [9.17, 15) is 4.79 Å². The fourth-order valence-corrected chi connectivity index (χ4v) is 3.83. The molecule has 1 aromatic heterocycles. The number of hydrogen-bond donors (Lipinski definition) is 2. The first-order valence-electron chi connectivity index (χ1n) is 9.79. The van der Waals surface area contributed by atoms with Gasteiger partial charge in [-0.25, -0.2) is 4.68 Å². The van der Waals surface area contributed by atoms with Crippen LogP contribution in [-0.4, -0.2) is 77.8 Å². The van der Waals surface area contributed by atoms with Crippen molar-refractivity contribution in [3.05, 3.63) is 11.4 Å². The molecule has 10 heteroatoms. The Labute approximate surface area is 179 Å². The van der Waals surface area contributed by atoms with Crippen molar-refractivity contribution in [3.63, 3.8) is 0 Å². The molecule has 1 unspecified atom stereocenters. The summed E-state index contributed by atoms with van der Waals surface area (Å²) in [5, 5.41) is 14.7. The number of carbonyl (C=O) groups is 1. The molecular formula is C18H34Cl2N6O2. The highest BCUT2D eigenvalue weighted by Crippen LogP contribution is 2.20. The number of carbonyl (C=O) groups excluding carboxylic acids is 1. The van der Waals surface area contributed by atoms with Crippen LogP contribution in [0, 0.1) is 12.8 Å². The monoisotopic (exact) mass is 436 g/mol. The quantitative estimate of drug-likeness (QED) is 0.701. The standard InChI is InChI=1S/C18H32N6O2.2ClH/c1-13(2)11-23-8-9-26-16(12-23)10-20-18(25)17-14(3)24(22-21-17)15-4-6-19-7-5-15;;/h13,15-16,19H,4-12H2,1-3H3,(H,20,25);2*1H. The molecule has 2 saturated heterocycles.